The van der Waals surface area contributed by atoms with Gasteiger partial charge < -0.3 is 10.5 Å². The first-order valence-electron chi connectivity index (χ1n) is 5.56. The minimum atomic E-state index is 0.128. The maximum Gasteiger partial charge on any atom is 0.0589 e. The molecule has 1 aliphatic carbocycles. The topological polar surface area (TPSA) is 38.5 Å². The van der Waals surface area contributed by atoms with Gasteiger partial charge in [0.2, 0.25) is 0 Å². The summed E-state index contributed by atoms with van der Waals surface area (Å²) >= 11 is 0. The third-order valence-corrected chi connectivity index (χ3v) is 2.67. The zero-order valence-electron chi connectivity index (χ0n) is 9.75. The normalized spacial score (nSPS) is 19.3. The summed E-state index contributed by atoms with van der Waals surface area (Å²) in [5.41, 5.74) is 6.24. The van der Waals surface area contributed by atoms with E-state index in [1.807, 2.05) is 0 Å². The Labute approximate surface area is 87.6 Å². The molecule has 0 bridgehead atoms. The predicted molar refractivity (Wildman–Crippen MR) is 59.3 cm³/mol. The molecular weight excluding hydrogens is 176 g/mol. The van der Waals surface area contributed by atoms with Crippen LogP contribution in [0.3, 0.4) is 0 Å². The minimum absolute atomic E-state index is 0.128. The van der Waals surface area contributed by atoms with Gasteiger partial charge in [0.15, 0.2) is 0 Å². The molecule has 0 unspecified atom stereocenters. The molecule has 0 aliphatic heterocycles. The lowest BCUT2D eigenvalue weighted by atomic mass is 10.2. The summed E-state index contributed by atoms with van der Waals surface area (Å²) in [6.07, 6.45) is 2.38. The molecular formula is C11H24N2O. The van der Waals surface area contributed by atoms with Crippen molar-refractivity contribution >= 4 is 0 Å². The molecule has 2 N–H and O–H groups in total. The van der Waals surface area contributed by atoms with Crippen molar-refractivity contribution in [1.29, 1.82) is 0 Å². The van der Waals surface area contributed by atoms with Crippen molar-refractivity contribution in [3.05, 3.63) is 0 Å². The molecule has 0 heterocycles. The highest BCUT2D eigenvalue weighted by Crippen LogP contribution is 2.32. The maximum atomic E-state index is 6.11. The van der Waals surface area contributed by atoms with E-state index in [9.17, 15) is 0 Å². The molecule has 1 rings (SSSR count). The van der Waals surface area contributed by atoms with Crippen molar-refractivity contribution in [3.63, 3.8) is 0 Å². The average Bonchev–Trinajstić information content (AvgIpc) is 2.78. The summed E-state index contributed by atoms with van der Waals surface area (Å²) in [5.74, 6) is 0.703. The molecule has 3 nitrogen and oxygen atoms in total. The van der Waals surface area contributed by atoms with E-state index in [1.165, 1.54) is 12.8 Å². The highest BCUT2D eigenvalue weighted by molar-refractivity contribution is 5.01. The summed E-state index contributed by atoms with van der Waals surface area (Å²) < 4.78 is 5.11. The molecule has 0 atom stereocenters. The standard InChI is InChI=1S/C11H24N2O/c1-10(2)8-13(6-7-14-3)9-11(12)4-5-11/h10H,4-9,12H2,1-3H3. The minimum Gasteiger partial charge on any atom is -0.383 e. The van der Waals surface area contributed by atoms with Crippen molar-refractivity contribution < 1.29 is 4.74 Å². The molecule has 1 saturated carbocycles. The van der Waals surface area contributed by atoms with E-state index in [2.05, 4.69) is 18.7 Å². The molecule has 0 aromatic carbocycles. The Morgan fingerprint density at radius 3 is 2.50 bits per heavy atom. The summed E-state index contributed by atoms with van der Waals surface area (Å²) in [5, 5.41) is 0. The van der Waals surface area contributed by atoms with Gasteiger partial charge in [0.1, 0.15) is 0 Å². The second-order valence-electron chi connectivity index (χ2n) is 4.98. The van der Waals surface area contributed by atoms with E-state index in [-0.39, 0.29) is 5.54 Å². The molecule has 84 valence electrons. The predicted octanol–water partition coefficient (Wildman–Crippen LogP) is 1.08. The molecule has 0 radical (unpaired) electrons. The van der Waals surface area contributed by atoms with Crippen LogP contribution in [0.25, 0.3) is 0 Å². The van der Waals surface area contributed by atoms with E-state index in [1.54, 1.807) is 7.11 Å². The number of ether oxygens (including phenoxy) is 1. The van der Waals surface area contributed by atoms with Crippen molar-refractivity contribution in [1.82, 2.24) is 4.90 Å². The van der Waals surface area contributed by atoms with Crippen molar-refractivity contribution in [2.75, 3.05) is 33.4 Å². The first-order chi connectivity index (χ1) is 6.56. The zero-order valence-corrected chi connectivity index (χ0v) is 9.75. The van der Waals surface area contributed by atoms with E-state index in [0.717, 1.165) is 26.2 Å². The van der Waals surface area contributed by atoms with Crippen molar-refractivity contribution in [2.45, 2.75) is 32.2 Å². The van der Waals surface area contributed by atoms with Gasteiger partial charge in [-0.1, -0.05) is 13.8 Å². The fourth-order valence-corrected chi connectivity index (χ4v) is 1.74. The van der Waals surface area contributed by atoms with Gasteiger partial charge in [-0.15, -0.1) is 0 Å². The molecule has 0 saturated heterocycles. The van der Waals surface area contributed by atoms with Gasteiger partial charge >= 0.3 is 0 Å². The lowest BCUT2D eigenvalue weighted by Crippen LogP contribution is -2.42. The van der Waals surface area contributed by atoms with Crippen LogP contribution < -0.4 is 5.73 Å². The summed E-state index contributed by atoms with van der Waals surface area (Å²) in [7, 11) is 1.75. The molecule has 0 aromatic rings. The third-order valence-electron chi connectivity index (χ3n) is 2.67. The zero-order chi connectivity index (χ0) is 10.6. The molecule has 0 aromatic heterocycles. The van der Waals surface area contributed by atoms with E-state index < -0.39 is 0 Å². The smallest absolute Gasteiger partial charge is 0.0589 e. The van der Waals surface area contributed by atoms with Gasteiger partial charge in [0.25, 0.3) is 0 Å². The van der Waals surface area contributed by atoms with Crippen LogP contribution in [0.15, 0.2) is 0 Å². The number of nitrogens with two attached hydrogens (primary N) is 1. The number of hydrogen-bond acceptors (Lipinski definition) is 3. The number of nitrogens with zero attached hydrogens (tertiary/aromatic N) is 1. The Kier molecular flexibility index (Phi) is 4.35. The number of methoxy groups -OCH3 is 1. The first-order valence-corrected chi connectivity index (χ1v) is 5.56. The second kappa shape index (κ2) is 5.10. The van der Waals surface area contributed by atoms with Gasteiger partial charge in [0.05, 0.1) is 6.61 Å². The van der Waals surface area contributed by atoms with Crippen LogP contribution in [0.1, 0.15) is 26.7 Å². The molecule has 0 spiro atoms. The van der Waals surface area contributed by atoms with Crippen LogP contribution in [0, 0.1) is 5.92 Å². The lowest BCUT2D eigenvalue weighted by molar-refractivity contribution is 0.134. The summed E-state index contributed by atoms with van der Waals surface area (Å²) in [6, 6.07) is 0. The van der Waals surface area contributed by atoms with Gasteiger partial charge in [-0.25, -0.2) is 0 Å². The number of hydrogen-bond donors (Lipinski definition) is 1. The summed E-state index contributed by atoms with van der Waals surface area (Å²) in [4.78, 5) is 2.43. The Bertz CT molecular complexity index is 167. The SMILES string of the molecule is COCCN(CC(C)C)CC1(N)CC1. The van der Waals surface area contributed by atoms with Crippen LogP contribution >= 0.6 is 0 Å². The van der Waals surface area contributed by atoms with Gasteiger partial charge in [-0.05, 0) is 18.8 Å². The van der Waals surface area contributed by atoms with Crippen molar-refractivity contribution in [3.8, 4) is 0 Å². The van der Waals surface area contributed by atoms with Crippen LogP contribution in [0.2, 0.25) is 0 Å². The maximum absolute atomic E-state index is 6.11. The molecule has 14 heavy (non-hydrogen) atoms. The molecule has 1 aliphatic rings. The van der Waals surface area contributed by atoms with E-state index in [4.69, 9.17) is 10.5 Å². The lowest BCUT2D eigenvalue weighted by Gasteiger charge is -2.26. The Morgan fingerprint density at radius 1 is 1.43 bits per heavy atom. The quantitative estimate of drug-likeness (QED) is 0.668. The first kappa shape index (κ1) is 12.0. The Hall–Kier alpha value is -0.120. The number of rotatable bonds is 7. The van der Waals surface area contributed by atoms with E-state index in [0.29, 0.717) is 5.92 Å². The molecule has 0 amide bonds. The third kappa shape index (κ3) is 4.40. The second-order valence-corrected chi connectivity index (χ2v) is 4.98. The van der Waals surface area contributed by atoms with Crippen LogP contribution in [0.5, 0.6) is 0 Å². The van der Waals surface area contributed by atoms with Crippen molar-refractivity contribution in [2.24, 2.45) is 11.7 Å². The molecule has 1 fully saturated rings. The van der Waals surface area contributed by atoms with Crippen LogP contribution in [0.4, 0.5) is 0 Å². The summed E-state index contributed by atoms with van der Waals surface area (Å²) in [6.45, 7) is 8.47. The molecule has 3 heteroatoms. The van der Waals surface area contributed by atoms with Gasteiger partial charge in [-0.2, -0.15) is 0 Å². The fourth-order valence-electron chi connectivity index (χ4n) is 1.74. The van der Waals surface area contributed by atoms with Crippen LogP contribution in [-0.4, -0.2) is 43.8 Å². The fraction of sp³-hybridized carbons (Fsp3) is 1.00. The Morgan fingerprint density at radius 2 is 2.07 bits per heavy atom. The van der Waals surface area contributed by atoms with Gasteiger partial charge in [0, 0.05) is 32.3 Å². The average molecular weight is 200 g/mol. The highest BCUT2D eigenvalue weighted by Gasteiger charge is 2.39. The van der Waals surface area contributed by atoms with Gasteiger partial charge in [-0.3, -0.25) is 4.90 Å². The van der Waals surface area contributed by atoms with Crippen LogP contribution in [-0.2, 0) is 4.74 Å². The largest absolute Gasteiger partial charge is 0.383 e. The Balaban J connectivity index is 2.27. The highest BCUT2D eigenvalue weighted by atomic mass is 16.5. The monoisotopic (exact) mass is 200 g/mol. The van der Waals surface area contributed by atoms with E-state index >= 15 is 0 Å².